The van der Waals surface area contributed by atoms with Crippen molar-refractivity contribution < 1.29 is 8.42 Å². The van der Waals surface area contributed by atoms with E-state index in [1.807, 2.05) is 0 Å². The summed E-state index contributed by atoms with van der Waals surface area (Å²) in [5, 5.41) is 17.1. The van der Waals surface area contributed by atoms with Crippen LogP contribution in [0.4, 0.5) is 5.82 Å². The molecule has 0 aliphatic heterocycles. The van der Waals surface area contributed by atoms with Crippen LogP contribution in [0, 0.1) is 22.7 Å². The molecule has 0 saturated heterocycles. The van der Waals surface area contributed by atoms with E-state index in [1.54, 1.807) is 12.1 Å². The van der Waals surface area contributed by atoms with Crippen LogP contribution in [-0.4, -0.2) is 30.8 Å². The van der Waals surface area contributed by atoms with E-state index >= 15 is 0 Å². The number of sulfonamides is 1. The number of hydrogen-bond donors (Lipinski definition) is 1. The van der Waals surface area contributed by atoms with Gasteiger partial charge in [-0.15, -0.1) is 0 Å². The van der Waals surface area contributed by atoms with Crippen LogP contribution in [0.25, 0.3) is 0 Å². The maximum absolute atomic E-state index is 12.0. The Balaban J connectivity index is 3.18. The molecule has 0 aromatic carbocycles. The summed E-state index contributed by atoms with van der Waals surface area (Å²) in [4.78, 5) is 3.58. The largest absolute Gasteiger partial charge is 0.384 e. The monoisotopic (exact) mass is 251 g/mol. The highest BCUT2D eigenvalue weighted by atomic mass is 32.2. The van der Waals surface area contributed by atoms with Crippen molar-refractivity contribution in [3.63, 3.8) is 0 Å². The topological polar surface area (TPSA) is 124 Å². The second-order valence-electron chi connectivity index (χ2n) is 3.01. The number of pyridine rings is 1. The Kier molecular flexibility index (Phi) is 3.99. The zero-order chi connectivity index (χ0) is 12.9. The quantitative estimate of drug-likeness (QED) is 0.732. The molecule has 1 aromatic heterocycles. The molecule has 0 aliphatic rings. The summed E-state index contributed by atoms with van der Waals surface area (Å²) in [6, 6.07) is 5.82. The molecule has 0 bridgehead atoms. The highest BCUT2D eigenvalue weighted by molar-refractivity contribution is 7.89. The van der Waals surface area contributed by atoms with Gasteiger partial charge in [-0.3, -0.25) is 0 Å². The van der Waals surface area contributed by atoms with Crippen LogP contribution in [0.3, 0.4) is 0 Å². The van der Waals surface area contributed by atoms with Gasteiger partial charge in [0.15, 0.2) is 0 Å². The summed E-state index contributed by atoms with van der Waals surface area (Å²) >= 11 is 0. The Morgan fingerprint density at radius 3 is 2.41 bits per heavy atom. The molecule has 8 heteroatoms. The summed E-state index contributed by atoms with van der Waals surface area (Å²) in [7, 11) is -3.88. The summed E-state index contributed by atoms with van der Waals surface area (Å²) in [5.74, 6) is 0.0555. The molecule has 0 fully saturated rings. The van der Waals surface area contributed by atoms with E-state index in [0.717, 1.165) is 4.31 Å². The maximum Gasteiger partial charge on any atom is 0.245 e. The number of hydrogen-bond acceptors (Lipinski definition) is 6. The zero-order valence-corrected chi connectivity index (χ0v) is 9.55. The number of nitriles is 2. The number of nitrogens with zero attached hydrogens (tertiary/aromatic N) is 4. The van der Waals surface area contributed by atoms with Crippen molar-refractivity contribution in [1.29, 1.82) is 10.5 Å². The van der Waals surface area contributed by atoms with Gasteiger partial charge in [0.2, 0.25) is 10.0 Å². The van der Waals surface area contributed by atoms with Gasteiger partial charge in [-0.05, 0) is 6.07 Å². The first kappa shape index (κ1) is 12.9. The summed E-state index contributed by atoms with van der Waals surface area (Å²) in [6.45, 7) is -0.782. The third-order valence-corrected chi connectivity index (χ3v) is 3.67. The molecule has 1 rings (SSSR count). The maximum atomic E-state index is 12.0. The first-order chi connectivity index (χ1) is 8.02. The molecule has 88 valence electrons. The molecule has 2 N–H and O–H groups in total. The fourth-order valence-electron chi connectivity index (χ4n) is 1.12. The van der Waals surface area contributed by atoms with Gasteiger partial charge in [-0.25, -0.2) is 13.4 Å². The van der Waals surface area contributed by atoms with Crippen LogP contribution in [0.15, 0.2) is 23.2 Å². The second kappa shape index (κ2) is 5.25. The number of aromatic nitrogens is 1. The summed E-state index contributed by atoms with van der Waals surface area (Å²) < 4.78 is 24.8. The van der Waals surface area contributed by atoms with Gasteiger partial charge in [0.05, 0.1) is 17.0 Å². The van der Waals surface area contributed by atoms with E-state index < -0.39 is 23.1 Å². The van der Waals surface area contributed by atoms with E-state index in [2.05, 4.69) is 4.98 Å². The van der Waals surface area contributed by atoms with Crippen molar-refractivity contribution in [3.8, 4) is 12.1 Å². The lowest BCUT2D eigenvalue weighted by molar-refractivity contribution is 0.479. The van der Waals surface area contributed by atoms with Gasteiger partial charge >= 0.3 is 0 Å². The minimum atomic E-state index is -3.88. The van der Waals surface area contributed by atoms with E-state index in [9.17, 15) is 8.42 Å². The van der Waals surface area contributed by atoms with Crippen molar-refractivity contribution in [2.24, 2.45) is 0 Å². The number of anilines is 1. The lowest BCUT2D eigenvalue weighted by atomic mass is 10.5. The fourth-order valence-corrected chi connectivity index (χ4v) is 2.38. The third-order valence-electron chi connectivity index (χ3n) is 1.88. The van der Waals surface area contributed by atoms with Gasteiger partial charge in [0.25, 0.3) is 0 Å². The van der Waals surface area contributed by atoms with Crippen molar-refractivity contribution in [2.75, 3.05) is 18.8 Å². The number of rotatable bonds is 4. The van der Waals surface area contributed by atoms with Crippen LogP contribution < -0.4 is 5.73 Å². The van der Waals surface area contributed by atoms with Crippen LogP contribution >= 0.6 is 0 Å². The Labute approximate surface area is 98.8 Å². The molecular formula is C9H9N5O2S. The molecule has 0 aliphatic carbocycles. The van der Waals surface area contributed by atoms with E-state index in [1.165, 1.54) is 18.3 Å². The average molecular weight is 251 g/mol. The summed E-state index contributed by atoms with van der Waals surface area (Å²) in [6.07, 6.45) is 1.25. The molecule has 0 atom stereocenters. The molecule has 1 aromatic rings. The average Bonchev–Trinajstić information content (AvgIpc) is 2.29. The zero-order valence-electron chi connectivity index (χ0n) is 8.74. The molecule has 0 unspecified atom stereocenters. The lowest BCUT2D eigenvalue weighted by Gasteiger charge is -2.15. The van der Waals surface area contributed by atoms with E-state index in [-0.39, 0.29) is 10.7 Å². The first-order valence-corrected chi connectivity index (χ1v) is 5.92. The Bertz CT molecular complexity index is 568. The smallest absolute Gasteiger partial charge is 0.245 e. The molecule has 0 spiro atoms. The third kappa shape index (κ3) is 2.91. The second-order valence-corrected chi connectivity index (χ2v) is 4.94. The summed E-state index contributed by atoms with van der Waals surface area (Å²) in [5.41, 5.74) is 5.38. The van der Waals surface area contributed by atoms with Crippen LogP contribution in [0.2, 0.25) is 0 Å². The van der Waals surface area contributed by atoms with Crippen LogP contribution in [0.1, 0.15) is 0 Å². The van der Waals surface area contributed by atoms with Crippen LogP contribution in [-0.2, 0) is 10.0 Å². The predicted molar refractivity (Wildman–Crippen MR) is 58.6 cm³/mol. The van der Waals surface area contributed by atoms with Crippen molar-refractivity contribution in [1.82, 2.24) is 9.29 Å². The Hall–Kier alpha value is -2.16. The number of nitrogens with two attached hydrogens (primary N) is 1. The van der Waals surface area contributed by atoms with Gasteiger partial charge < -0.3 is 5.73 Å². The highest BCUT2D eigenvalue weighted by Crippen LogP contribution is 2.15. The molecule has 0 amide bonds. The fraction of sp³-hybridized carbons (Fsp3) is 0.222. The minimum absolute atomic E-state index is 0.0555. The van der Waals surface area contributed by atoms with Gasteiger partial charge in [0.1, 0.15) is 18.9 Å². The molecular weight excluding hydrogens is 242 g/mol. The van der Waals surface area contributed by atoms with Gasteiger partial charge in [-0.2, -0.15) is 14.8 Å². The number of nitrogen functional groups attached to an aromatic ring is 1. The standard InChI is InChI=1S/C9H9N5O2S/c10-2-5-14(6-3-11)17(15,16)8-1-4-13-9(12)7-8/h1,4,7H,5-6H2,(H2,12,13). The minimum Gasteiger partial charge on any atom is -0.384 e. The Morgan fingerprint density at radius 1 is 1.35 bits per heavy atom. The molecule has 0 saturated carbocycles. The van der Waals surface area contributed by atoms with Crippen molar-refractivity contribution >= 4 is 15.8 Å². The normalized spacial score (nSPS) is 10.8. The predicted octanol–water partition coefficient (Wildman–Crippen LogP) is -0.298. The van der Waals surface area contributed by atoms with Crippen molar-refractivity contribution in [3.05, 3.63) is 18.3 Å². The highest BCUT2D eigenvalue weighted by Gasteiger charge is 2.24. The Morgan fingerprint density at radius 2 is 1.94 bits per heavy atom. The van der Waals surface area contributed by atoms with Crippen molar-refractivity contribution in [2.45, 2.75) is 4.90 Å². The van der Waals surface area contributed by atoms with Crippen LogP contribution in [0.5, 0.6) is 0 Å². The molecule has 7 nitrogen and oxygen atoms in total. The van der Waals surface area contributed by atoms with Gasteiger partial charge in [-0.1, -0.05) is 0 Å². The molecule has 1 heterocycles. The van der Waals surface area contributed by atoms with E-state index in [4.69, 9.17) is 16.3 Å². The molecule has 0 radical (unpaired) electrons. The first-order valence-electron chi connectivity index (χ1n) is 4.48. The van der Waals surface area contributed by atoms with E-state index in [0.29, 0.717) is 0 Å². The SMILES string of the molecule is N#CCN(CC#N)S(=O)(=O)c1ccnc(N)c1. The van der Waals surface area contributed by atoms with Gasteiger partial charge in [0, 0.05) is 12.3 Å². The molecule has 17 heavy (non-hydrogen) atoms. The lowest BCUT2D eigenvalue weighted by Crippen LogP contribution is -2.31.